The van der Waals surface area contributed by atoms with E-state index in [9.17, 15) is 4.79 Å². The van der Waals surface area contributed by atoms with Gasteiger partial charge in [-0.15, -0.1) is 11.8 Å². The molecular weight excluding hydrogens is 363 g/mol. The van der Waals surface area contributed by atoms with Gasteiger partial charge in [-0.2, -0.15) is 0 Å². The van der Waals surface area contributed by atoms with Crippen molar-refractivity contribution >= 4 is 40.7 Å². The molecule has 2 aliphatic rings. The highest BCUT2D eigenvalue weighted by atomic mass is 35.5. The van der Waals surface area contributed by atoms with Crippen LogP contribution in [0.3, 0.4) is 0 Å². The van der Waals surface area contributed by atoms with E-state index in [-0.39, 0.29) is 23.0 Å². The number of benzene rings is 1. The zero-order valence-electron chi connectivity index (χ0n) is 13.9. The number of ketones is 1. The van der Waals surface area contributed by atoms with Gasteiger partial charge in [-0.1, -0.05) is 36.2 Å². The summed E-state index contributed by atoms with van der Waals surface area (Å²) in [5.41, 5.74) is 0.945. The Balaban J connectivity index is 1.71. The van der Waals surface area contributed by atoms with Gasteiger partial charge in [0.1, 0.15) is 0 Å². The van der Waals surface area contributed by atoms with Crippen molar-refractivity contribution in [1.82, 2.24) is 10.2 Å². The molecule has 3 rings (SSSR count). The number of hydrogen-bond acceptors (Lipinski definition) is 4. The first-order valence-electron chi connectivity index (χ1n) is 8.62. The second kappa shape index (κ2) is 8.41. The summed E-state index contributed by atoms with van der Waals surface area (Å²) in [6.45, 7) is 6.24. The molecule has 1 aromatic rings. The largest absolute Gasteiger partial charge is 0.310 e. The van der Waals surface area contributed by atoms with Gasteiger partial charge >= 0.3 is 0 Å². The van der Waals surface area contributed by atoms with Crippen LogP contribution in [0.5, 0.6) is 0 Å². The Hall–Kier alpha value is -0.260. The Morgan fingerprint density at radius 1 is 1.33 bits per heavy atom. The van der Waals surface area contributed by atoms with Crippen LogP contribution in [0.25, 0.3) is 0 Å². The van der Waals surface area contributed by atoms with Crippen LogP contribution in [0.1, 0.15) is 31.2 Å². The Kier molecular flexibility index (Phi) is 6.50. The molecule has 2 fully saturated rings. The average molecular weight is 387 g/mol. The summed E-state index contributed by atoms with van der Waals surface area (Å²) < 4.78 is 0. The number of Topliss-reactive ketones (excluding diaryl/α,β-unsaturated/α-hetero) is 1. The van der Waals surface area contributed by atoms with Crippen molar-refractivity contribution in [3.8, 4) is 0 Å². The molecule has 2 aliphatic heterocycles. The number of carbonyl (C=O) groups is 1. The number of nitrogens with zero attached hydrogens (tertiary/aromatic N) is 1. The Morgan fingerprint density at radius 3 is 2.79 bits per heavy atom. The van der Waals surface area contributed by atoms with Gasteiger partial charge < -0.3 is 10.2 Å². The molecule has 0 spiro atoms. The van der Waals surface area contributed by atoms with Crippen LogP contribution >= 0.6 is 35.0 Å². The van der Waals surface area contributed by atoms with E-state index in [2.05, 4.69) is 10.2 Å². The van der Waals surface area contributed by atoms with Gasteiger partial charge in [0.25, 0.3) is 0 Å². The molecule has 24 heavy (non-hydrogen) atoms. The Morgan fingerprint density at radius 2 is 2.08 bits per heavy atom. The average Bonchev–Trinajstić information content (AvgIpc) is 3.09. The van der Waals surface area contributed by atoms with Crippen LogP contribution < -0.4 is 5.32 Å². The Bertz CT molecular complexity index is 592. The first-order valence-corrected chi connectivity index (χ1v) is 10.4. The molecule has 2 heterocycles. The van der Waals surface area contributed by atoms with Gasteiger partial charge in [0, 0.05) is 30.8 Å². The molecule has 3 atom stereocenters. The first-order chi connectivity index (χ1) is 11.6. The summed E-state index contributed by atoms with van der Waals surface area (Å²) in [4.78, 5) is 15.6. The van der Waals surface area contributed by atoms with Gasteiger partial charge in [-0.25, -0.2) is 0 Å². The van der Waals surface area contributed by atoms with Crippen LogP contribution in [0.15, 0.2) is 18.2 Å². The summed E-state index contributed by atoms with van der Waals surface area (Å²) in [5.74, 6) is 1.11. The molecule has 1 aromatic carbocycles. The van der Waals surface area contributed by atoms with Gasteiger partial charge in [0.05, 0.1) is 15.3 Å². The summed E-state index contributed by atoms with van der Waals surface area (Å²) in [6, 6.07) is 5.74. The predicted octanol–water partition coefficient (Wildman–Crippen LogP) is 3.84. The number of nitrogens with one attached hydrogen (secondary N) is 1. The van der Waals surface area contributed by atoms with E-state index in [1.807, 2.05) is 19.1 Å². The second-order valence-electron chi connectivity index (χ2n) is 6.66. The molecule has 0 amide bonds. The van der Waals surface area contributed by atoms with E-state index in [1.54, 1.807) is 17.8 Å². The molecule has 3 nitrogen and oxygen atoms in total. The quantitative estimate of drug-likeness (QED) is 0.832. The maximum absolute atomic E-state index is 13.1. The fraction of sp³-hybridized carbons (Fsp3) is 0.611. The van der Waals surface area contributed by atoms with Gasteiger partial charge in [0.15, 0.2) is 5.78 Å². The fourth-order valence-corrected chi connectivity index (χ4v) is 5.11. The SMILES string of the molecule is CC(C(=O)C1SCCNC1CN1CCCC1)c1ccc(Cl)c(Cl)c1. The lowest BCUT2D eigenvalue weighted by Crippen LogP contribution is -2.53. The number of likely N-dealkylation sites (tertiary alicyclic amines) is 1. The summed E-state index contributed by atoms with van der Waals surface area (Å²) in [5, 5.41) is 4.62. The lowest BCUT2D eigenvalue weighted by molar-refractivity contribution is -0.120. The monoisotopic (exact) mass is 386 g/mol. The van der Waals surface area contributed by atoms with Gasteiger partial charge in [-0.05, 0) is 43.6 Å². The third-order valence-corrected chi connectivity index (χ3v) is 7.07. The molecule has 2 saturated heterocycles. The van der Waals surface area contributed by atoms with Crippen LogP contribution in [-0.4, -0.2) is 53.9 Å². The Labute approximate surface area is 158 Å². The lowest BCUT2D eigenvalue weighted by Gasteiger charge is -2.35. The molecule has 0 saturated carbocycles. The number of rotatable bonds is 5. The van der Waals surface area contributed by atoms with E-state index in [4.69, 9.17) is 23.2 Å². The van der Waals surface area contributed by atoms with Crippen LogP contribution in [-0.2, 0) is 4.79 Å². The van der Waals surface area contributed by atoms with E-state index in [0.29, 0.717) is 10.0 Å². The van der Waals surface area contributed by atoms with Crippen molar-refractivity contribution in [3.05, 3.63) is 33.8 Å². The molecule has 0 aliphatic carbocycles. The van der Waals surface area contributed by atoms with Gasteiger partial charge in [-0.3, -0.25) is 4.79 Å². The third-order valence-electron chi connectivity index (χ3n) is 4.98. The number of halogens is 2. The topological polar surface area (TPSA) is 32.3 Å². The number of carbonyl (C=O) groups excluding carboxylic acids is 1. The first kappa shape index (κ1) is 18.5. The minimum atomic E-state index is -0.168. The maximum atomic E-state index is 13.1. The van der Waals surface area contributed by atoms with E-state index in [1.165, 1.54) is 12.8 Å². The smallest absolute Gasteiger partial charge is 0.154 e. The van der Waals surface area contributed by atoms with Gasteiger partial charge in [0.2, 0.25) is 0 Å². The number of thioether (sulfide) groups is 1. The van der Waals surface area contributed by atoms with Crippen molar-refractivity contribution in [2.75, 3.05) is 31.9 Å². The molecular formula is C18H24Cl2N2OS. The molecule has 0 bridgehead atoms. The highest BCUT2D eigenvalue weighted by Gasteiger charge is 2.35. The molecule has 132 valence electrons. The minimum absolute atomic E-state index is 0.00352. The second-order valence-corrected chi connectivity index (χ2v) is 8.72. The zero-order chi connectivity index (χ0) is 17.1. The zero-order valence-corrected chi connectivity index (χ0v) is 16.3. The van der Waals surface area contributed by atoms with Crippen LogP contribution in [0.4, 0.5) is 0 Å². The van der Waals surface area contributed by atoms with Crippen LogP contribution in [0.2, 0.25) is 10.0 Å². The fourth-order valence-electron chi connectivity index (χ4n) is 3.53. The van der Waals surface area contributed by atoms with Crippen molar-refractivity contribution < 1.29 is 4.79 Å². The molecule has 3 unspecified atom stereocenters. The standard InChI is InChI=1S/C18H24Cl2N2OS/c1-12(13-4-5-14(19)15(20)10-13)17(23)18-16(21-6-9-24-18)11-22-7-2-3-8-22/h4-5,10,12,16,18,21H,2-3,6-9,11H2,1H3. The summed E-state index contributed by atoms with van der Waals surface area (Å²) in [7, 11) is 0. The third kappa shape index (κ3) is 4.28. The normalized spacial score (nSPS) is 26.5. The van der Waals surface area contributed by atoms with Crippen molar-refractivity contribution in [1.29, 1.82) is 0 Å². The van der Waals surface area contributed by atoms with Crippen molar-refractivity contribution in [2.24, 2.45) is 0 Å². The van der Waals surface area contributed by atoms with Crippen molar-refractivity contribution in [2.45, 2.75) is 37.0 Å². The van der Waals surface area contributed by atoms with Crippen molar-refractivity contribution in [3.63, 3.8) is 0 Å². The summed E-state index contributed by atoms with van der Waals surface area (Å²) >= 11 is 13.9. The molecule has 1 N–H and O–H groups in total. The maximum Gasteiger partial charge on any atom is 0.154 e. The predicted molar refractivity (Wildman–Crippen MR) is 104 cm³/mol. The minimum Gasteiger partial charge on any atom is -0.310 e. The van der Waals surface area contributed by atoms with E-state index in [0.717, 1.165) is 37.5 Å². The molecule has 0 aromatic heterocycles. The van der Waals surface area contributed by atoms with E-state index >= 15 is 0 Å². The molecule has 0 radical (unpaired) electrons. The lowest BCUT2D eigenvalue weighted by atomic mass is 9.92. The highest BCUT2D eigenvalue weighted by molar-refractivity contribution is 8.00. The molecule has 6 heteroatoms. The highest BCUT2D eigenvalue weighted by Crippen LogP contribution is 2.31. The van der Waals surface area contributed by atoms with Crippen LogP contribution in [0, 0.1) is 0 Å². The summed E-state index contributed by atoms with van der Waals surface area (Å²) in [6.07, 6.45) is 2.55. The number of hydrogen-bond donors (Lipinski definition) is 1. The van der Waals surface area contributed by atoms with E-state index < -0.39 is 0 Å².